The van der Waals surface area contributed by atoms with Crippen molar-refractivity contribution >= 4 is 17.5 Å². The van der Waals surface area contributed by atoms with Crippen LogP contribution in [0, 0.1) is 0 Å². The molecule has 1 heterocycles. The van der Waals surface area contributed by atoms with Crippen LogP contribution < -0.4 is 10.6 Å². The summed E-state index contributed by atoms with van der Waals surface area (Å²) in [5, 5.41) is 0. The Hall–Kier alpha value is -1.68. The molecule has 2 rings (SSSR count). The zero-order valence-corrected chi connectivity index (χ0v) is 9.69. The molecule has 0 saturated carbocycles. The highest BCUT2D eigenvalue weighted by atomic mass is 16.2. The predicted molar refractivity (Wildman–Crippen MR) is 65.3 cm³/mol. The molecule has 1 fully saturated rings. The van der Waals surface area contributed by atoms with Gasteiger partial charge >= 0.3 is 0 Å². The van der Waals surface area contributed by atoms with Crippen molar-refractivity contribution < 1.29 is 9.59 Å². The molecule has 1 aromatic rings. The minimum atomic E-state index is -0.104. The molecule has 90 valence electrons. The molecule has 2 amide bonds. The number of imide groups is 1. The molecule has 4 heteroatoms. The maximum absolute atomic E-state index is 11.9. The van der Waals surface area contributed by atoms with Crippen molar-refractivity contribution in [3.05, 3.63) is 29.8 Å². The number of amides is 2. The Morgan fingerprint density at radius 3 is 2.00 bits per heavy atom. The van der Waals surface area contributed by atoms with E-state index in [0.717, 1.165) is 18.4 Å². The highest BCUT2D eigenvalue weighted by Gasteiger charge is 2.25. The van der Waals surface area contributed by atoms with Crippen LogP contribution >= 0.6 is 0 Å². The summed E-state index contributed by atoms with van der Waals surface area (Å²) in [5.74, 6) is -0.207. The lowest BCUT2D eigenvalue weighted by Crippen LogP contribution is -2.35. The Kier molecular flexibility index (Phi) is 3.54. The summed E-state index contributed by atoms with van der Waals surface area (Å²) in [6.45, 7) is 0.460. The monoisotopic (exact) mass is 232 g/mol. The predicted octanol–water partition coefficient (Wildman–Crippen LogP) is 1.58. The Morgan fingerprint density at radius 1 is 1.00 bits per heavy atom. The van der Waals surface area contributed by atoms with Gasteiger partial charge in [0.15, 0.2) is 0 Å². The fraction of sp³-hybridized carbons (Fsp3) is 0.385. The molecule has 0 aromatic heterocycles. The van der Waals surface area contributed by atoms with Gasteiger partial charge in [0.2, 0.25) is 11.8 Å². The van der Waals surface area contributed by atoms with Crippen molar-refractivity contribution in [2.75, 3.05) is 4.90 Å². The fourth-order valence-corrected chi connectivity index (χ4v) is 1.98. The molecule has 0 unspecified atom stereocenters. The summed E-state index contributed by atoms with van der Waals surface area (Å²) >= 11 is 0. The van der Waals surface area contributed by atoms with Gasteiger partial charge in [-0.2, -0.15) is 0 Å². The van der Waals surface area contributed by atoms with E-state index in [0.29, 0.717) is 25.1 Å². The highest BCUT2D eigenvalue weighted by Crippen LogP contribution is 2.21. The maximum Gasteiger partial charge on any atom is 0.233 e. The van der Waals surface area contributed by atoms with Gasteiger partial charge in [0, 0.05) is 19.4 Å². The average Bonchev–Trinajstić information content (AvgIpc) is 2.51. The Labute approximate surface area is 100 Å². The van der Waals surface area contributed by atoms with Crippen LogP contribution in [0.1, 0.15) is 31.2 Å². The van der Waals surface area contributed by atoms with E-state index in [-0.39, 0.29) is 11.8 Å². The number of rotatable bonds is 2. The van der Waals surface area contributed by atoms with Gasteiger partial charge in [0.1, 0.15) is 0 Å². The number of benzene rings is 1. The smallest absolute Gasteiger partial charge is 0.233 e. The topological polar surface area (TPSA) is 63.4 Å². The molecule has 0 spiro atoms. The van der Waals surface area contributed by atoms with Gasteiger partial charge < -0.3 is 5.73 Å². The number of carbonyl (C=O) groups excluding carboxylic acids is 2. The summed E-state index contributed by atoms with van der Waals surface area (Å²) in [6.07, 6.45) is 2.48. The SMILES string of the molecule is NCc1ccc(N2C(=O)CCCCC2=O)cc1. The first-order chi connectivity index (χ1) is 8.22. The second kappa shape index (κ2) is 5.10. The number of hydrogen-bond acceptors (Lipinski definition) is 3. The largest absolute Gasteiger partial charge is 0.326 e. The van der Waals surface area contributed by atoms with Crippen LogP contribution in [0.3, 0.4) is 0 Å². The van der Waals surface area contributed by atoms with E-state index < -0.39 is 0 Å². The molecule has 0 aliphatic carbocycles. The number of hydrogen-bond donors (Lipinski definition) is 1. The van der Waals surface area contributed by atoms with Gasteiger partial charge in [0.05, 0.1) is 5.69 Å². The van der Waals surface area contributed by atoms with E-state index in [4.69, 9.17) is 5.73 Å². The number of anilines is 1. The third-order valence-electron chi connectivity index (χ3n) is 2.96. The van der Waals surface area contributed by atoms with E-state index in [9.17, 15) is 9.59 Å². The molecule has 1 aliphatic rings. The van der Waals surface area contributed by atoms with Crippen LogP contribution in [0.5, 0.6) is 0 Å². The molecule has 1 aliphatic heterocycles. The van der Waals surface area contributed by atoms with Crippen LogP contribution in [-0.2, 0) is 16.1 Å². The second-order valence-corrected chi connectivity index (χ2v) is 4.20. The van der Waals surface area contributed by atoms with Gasteiger partial charge in [-0.25, -0.2) is 0 Å². The van der Waals surface area contributed by atoms with E-state index in [1.54, 1.807) is 12.1 Å². The van der Waals surface area contributed by atoms with Crippen LogP contribution in [-0.4, -0.2) is 11.8 Å². The van der Waals surface area contributed by atoms with E-state index in [1.807, 2.05) is 12.1 Å². The first kappa shape index (κ1) is 11.8. The minimum Gasteiger partial charge on any atom is -0.326 e. The zero-order chi connectivity index (χ0) is 12.3. The van der Waals surface area contributed by atoms with Crippen molar-refractivity contribution in [2.24, 2.45) is 5.73 Å². The molecule has 0 atom stereocenters. The Morgan fingerprint density at radius 2 is 1.53 bits per heavy atom. The lowest BCUT2D eigenvalue weighted by molar-refractivity contribution is -0.125. The van der Waals surface area contributed by atoms with Crippen LogP contribution in [0.15, 0.2) is 24.3 Å². The third kappa shape index (κ3) is 2.53. The molecule has 1 aromatic carbocycles. The average molecular weight is 232 g/mol. The fourth-order valence-electron chi connectivity index (χ4n) is 1.98. The van der Waals surface area contributed by atoms with Crippen LogP contribution in [0.4, 0.5) is 5.69 Å². The summed E-state index contributed by atoms with van der Waals surface area (Å²) in [5.41, 5.74) is 7.15. The van der Waals surface area contributed by atoms with Crippen molar-refractivity contribution in [2.45, 2.75) is 32.2 Å². The standard InChI is InChI=1S/C13H16N2O2/c14-9-10-5-7-11(8-6-10)15-12(16)3-1-2-4-13(15)17/h5-8H,1-4,9,14H2. The first-order valence-corrected chi connectivity index (χ1v) is 5.87. The summed E-state index contributed by atoms with van der Waals surface area (Å²) < 4.78 is 0. The molecule has 0 bridgehead atoms. The van der Waals surface area contributed by atoms with Gasteiger partial charge in [0.25, 0.3) is 0 Å². The molecule has 0 radical (unpaired) electrons. The van der Waals surface area contributed by atoms with Gasteiger partial charge in [-0.15, -0.1) is 0 Å². The summed E-state index contributed by atoms with van der Waals surface area (Å²) in [6, 6.07) is 7.26. The van der Waals surface area contributed by atoms with E-state index in [1.165, 1.54) is 4.90 Å². The number of nitrogens with zero attached hydrogens (tertiary/aromatic N) is 1. The molecule has 2 N–H and O–H groups in total. The lowest BCUT2D eigenvalue weighted by Gasteiger charge is -2.18. The summed E-state index contributed by atoms with van der Waals surface area (Å²) in [4.78, 5) is 25.0. The molecule has 1 saturated heterocycles. The quantitative estimate of drug-likeness (QED) is 0.787. The Bertz CT molecular complexity index is 408. The normalized spacial score (nSPS) is 17.1. The van der Waals surface area contributed by atoms with Crippen molar-refractivity contribution in [1.82, 2.24) is 0 Å². The Balaban J connectivity index is 2.28. The molecule has 17 heavy (non-hydrogen) atoms. The second-order valence-electron chi connectivity index (χ2n) is 4.20. The van der Waals surface area contributed by atoms with E-state index in [2.05, 4.69) is 0 Å². The first-order valence-electron chi connectivity index (χ1n) is 5.87. The zero-order valence-electron chi connectivity index (χ0n) is 9.69. The van der Waals surface area contributed by atoms with Crippen molar-refractivity contribution in [1.29, 1.82) is 0 Å². The molecular weight excluding hydrogens is 216 g/mol. The van der Waals surface area contributed by atoms with Crippen LogP contribution in [0.2, 0.25) is 0 Å². The minimum absolute atomic E-state index is 0.104. The molecular formula is C13H16N2O2. The van der Waals surface area contributed by atoms with Crippen molar-refractivity contribution in [3.63, 3.8) is 0 Å². The van der Waals surface area contributed by atoms with Gasteiger partial charge in [-0.05, 0) is 30.5 Å². The molecule has 4 nitrogen and oxygen atoms in total. The third-order valence-corrected chi connectivity index (χ3v) is 2.96. The van der Waals surface area contributed by atoms with Gasteiger partial charge in [-0.3, -0.25) is 14.5 Å². The lowest BCUT2D eigenvalue weighted by atomic mass is 10.2. The van der Waals surface area contributed by atoms with Crippen molar-refractivity contribution in [3.8, 4) is 0 Å². The van der Waals surface area contributed by atoms with Gasteiger partial charge in [-0.1, -0.05) is 12.1 Å². The van der Waals surface area contributed by atoms with Crippen LogP contribution in [0.25, 0.3) is 0 Å². The summed E-state index contributed by atoms with van der Waals surface area (Å²) in [7, 11) is 0. The maximum atomic E-state index is 11.9. The van der Waals surface area contributed by atoms with E-state index >= 15 is 0 Å². The number of nitrogens with two attached hydrogens (primary N) is 1. The highest BCUT2D eigenvalue weighted by molar-refractivity contribution is 6.15. The number of carbonyl (C=O) groups is 2.